The molecule has 0 bridgehead atoms. The fourth-order valence-corrected chi connectivity index (χ4v) is 3.67. The molecule has 0 spiro atoms. The van der Waals surface area contributed by atoms with E-state index < -0.39 is 0 Å². The predicted octanol–water partition coefficient (Wildman–Crippen LogP) is 2.87. The number of hydrogen-bond acceptors (Lipinski definition) is 4. The fraction of sp³-hybridized carbons (Fsp3) is 0.450. The summed E-state index contributed by atoms with van der Waals surface area (Å²) in [6.07, 6.45) is 5.20. The van der Waals surface area contributed by atoms with Crippen LogP contribution in [0.1, 0.15) is 41.0 Å². The third-order valence-electron chi connectivity index (χ3n) is 4.29. The highest BCUT2D eigenvalue weighted by Crippen LogP contribution is 2.08. The van der Waals surface area contributed by atoms with E-state index in [1.807, 2.05) is 25.1 Å². The maximum absolute atomic E-state index is 12.3. The van der Waals surface area contributed by atoms with E-state index in [9.17, 15) is 4.79 Å². The summed E-state index contributed by atoms with van der Waals surface area (Å²) in [6.45, 7) is 5.46. The summed E-state index contributed by atoms with van der Waals surface area (Å²) in [6, 6.07) is 9.09. The Morgan fingerprint density at radius 3 is 2.54 bits per heavy atom. The zero-order chi connectivity index (χ0) is 18.2. The Labute approximate surface area is 158 Å². The van der Waals surface area contributed by atoms with Crippen molar-refractivity contribution in [3.05, 3.63) is 45.7 Å². The molecule has 1 saturated heterocycles. The highest BCUT2D eigenvalue weighted by Gasteiger charge is 2.07. The second-order valence-electron chi connectivity index (χ2n) is 6.39. The third-order valence-corrected chi connectivity index (χ3v) is 5.16. The molecule has 1 aromatic carbocycles. The molecular formula is C20H24N4OS. The first-order chi connectivity index (χ1) is 12.7. The molecule has 0 N–H and O–H groups in total. The Bertz CT molecular complexity index is 849. The number of amides is 1. The van der Waals surface area contributed by atoms with Gasteiger partial charge in [-0.15, -0.1) is 0 Å². The molecule has 6 heteroatoms. The average molecular weight is 369 g/mol. The molecule has 1 aliphatic heterocycles. The van der Waals surface area contributed by atoms with Crippen LogP contribution in [0.5, 0.6) is 0 Å². The van der Waals surface area contributed by atoms with E-state index in [0.29, 0.717) is 16.9 Å². The van der Waals surface area contributed by atoms with Gasteiger partial charge in [-0.25, -0.2) is 4.68 Å². The number of nitrogens with zero attached hydrogens (tertiary/aromatic N) is 4. The number of aromatic nitrogens is 2. The van der Waals surface area contributed by atoms with E-state index in [2.05, 4.69) is 26.8 Å². The zero-order valence-corrected chi connectivity index (χ0v) is 16.0. The van der Waals surface area contributed by atoms with Crippen molar-refractivity contribution >= 4 is 17.2 Å². The number of carbonyl (C=O) groups is 1. The van der Waals surface area contributed by atoms with E-state index in [1.54, 1.807) is 16.8 Å². The summed E-state index contributed by atoms with van der Waals surface area (Å²) in [7, 11) is 0. The molecule has 3 rings (SSSR count). The number of benzene rings is 1. The second kappa shape index (κ2) is 9.46. The van der Waals surface area contributed by atoms with Crippen molar-refractivity contribution in [2.75, 3.05) is 19.6 Å². The van der Waals surface area contributed by atoms with Crippen LogP contribution in [0.2, 0.25) is 0 Å². The van der Waals surface area contributed by atoms with Crippen molar-refractivity contribution in [3.8, 4) is 11.8 Å². The summed E-state index contributed by atoms with van der Waals surface area (Å²) in [5.74, 6) is 6.18. The second-order valence-corrected chi connectivity index (χ2v) is 7.55. The van der Waals surface area contributed by atoms with Gasteiger partial charge >= 0.3 is 0 Å². The monoisotopic (exact) mass is 368 g/mol. The summed E-state index contributed by atoms with van der Waals surface area (Å²) in [4.78, 5) is 19.5. The van der Waals surface area contributed by atoms with Crippen molar-refractivity contribution in [3.63, 3.8) is 0 Å². The van der Waals surface area contributed by atoms with E-state index in [4.69, 9.17) is 0 Å². The highest BCUT2D eigenvalue weighted by atomic mass is 32.1. The number of aryl methyl sites for hydroxylation is 1. The van der Waals surface area contributed by atoms with Crippen LogP contribution in [0.4, 0.5) is 0 Å². The molecule has 1 aliphatic rings. The summed E-state index contributed by atoms with van der Waals surface area (Å²) >= 11 is 1.41. The molecule has 5 nitrogen and oxygen atoms in total. The predicted molar refractivity (Wildman–Crippen MR) is 104 cm³/mol. The van der Waals surface area contributed by atoms with Gasteiger partial charge < -0.3 is 0 Å². The molecule has 0 radical (unpaired) electrons. The molecule has 26 heavy (non-hydrogen) atoms. The van der Waals surface area contributed by atoms with E-state index in [0.717, 1.165) is 24.6 Å². The first kappa shape index (κ1) is 18.6. The van der Waals surface area contributed by atoms with Crippen LogP contribution in [0.15, 0.2) is 35.3 Å². The van der Waals surface area contributed by atoms with Crippen LogP contribution >= 0.6 is 11.3 Å². The van der Waals surface area contributed by atoms with Crippen LogP contribution in [0.25, 0.3) is 0 Å². The molecule has 0 saturated carbocycles. The Balaban J connectivity index is 1.67. The molecule has 2 heterocycles. The minimum atomic E-state index is -0.250. The summed E-state index contributed by atoms with van der Waals surface area (Å²) in [5.41, 5.74) is 0.581. The average Bonchev–Trinajstić information content (AvgIpc) is 2.85. The van der Waals surface area contributed by atoms with Crippen LogP contribution in [-0.2, 0) is 6.54 Å². The lowest BCUT2D eigenvalue weighted by Gasteiger charge is -2.15. The van der Waals surface area contributed by atoms with Gasteiger partial charge in [0.2, 0.25) is 4.80 Å². The van der Waals surface area contributed by atoms with Gasteiger partial charge in [0.25, 0.3) is 5.91 Å². The lowest BCUT2D eigenvalue weighted by molar-refractivity contribution is 0.0997. The maximum atomic E-state index is 12.3. The minimum absolute atomic E-state index is 0.250. The fourth-order valence-electron chi connectivity index (χ4n) is 2.93. The molecule has 1 amide bonds. The van der Waals surface area contributed by atoms with Gasteiger partial charge in [-0.3, -0.25) is 9.69 Å². The zero-order valence-electron chi connectivity index (χ0n) is 15.1. The number of hydrogen-bond donors (Lipinski definition) is 0. The van der Waals surface area contributed by atoms with Crippen molar-refractivity contribution in [1.29, 1.82) is 0 Å². The van der Waals surface area contributed by atoms with Gasteiger partial charge in [0.1, 0.15) is 11.6 Å². The first-order valence-corrected chi connectivity index (χ1v) is 9.91. The number of likely N-dealkylation sites (tertiary alicyclic amines) is 1. The van der Waals surface area contributed by atoms with Crippen LogP contribution < -0.4 is 4.80 Å². The van der Waals surface area contributed by atoms with E-state index in [-0.39, 0.29) is 5.91 Å². The van der Waals surface area contributed by atoms with Gasteiger partial charge in [-0.1, -0.05) is 54.2 Å². The SMILES string of the molecule is Cc1nn(CC#CCN2CCCCCC2)c(=NC(=O)c2ccccc2)s1. The topological polar surface area (TPSA) is 50.5 Å². The Hall–Kier alpha value is -2.23. The maximum Gasteiger partial charge on any atom is 0.279 e. The van der Waals surface area contributed by atoms with Crippen LogP contribution in [-0.4, -0.2) is 40.2 Å². The van der Waals surface area contributed by atoms with Crippen molar-refractivity contribution in [1.82, 2.24) is 14.7 Å². The van der Waals surface area contributed by atoms with Crippen LogP contribution in [0.3, 0.4) is 0 Å². The number of carbonyl (C=O) groups excluding carboxylic acids is 1. The normalized spacial score (nSPS) is 16.0. The van der Waals surface area contributed by atoms with E-state index >= 15 is 0 Å². The van der Waals surface area contributed by atoms with Gasteiger partial charge in [-0.05, 0) is 45.0 Å². The number of rotatable bonds is 3. The lowest BCUT2D eigenvalue weighted by Crippen LogP contribution is -2.25. The Morgan fingerprint density at radius 2 is 1.81 bits per heavy atom. The molecule has 0 unspecified atom stereocenters. The van der Waals surface area contributed by atoms with E-state index in [1.165, 1.54) is 37.0 Å². The quantitative estimate of drug-likeness (QED) is 0.783. The van der Waals surface area contributed by atoms with Crippen molar-refractivity contribution in [2.24, 2.45) is 4.99 Å². The van der Waals surface area contributed by atoms with Crippen molar-refractivity contribution < 1.29 is 4.79 Å². The first-order valence-electron chi connectivity index (χ1n) is 9.09. The largest absolute Gasteiger partial charge is 0.292 e. The van der Waals surface area contributed by atoms with Crippen molar-refractivity contribution in [2.45, 2.75) is 39.2 Å². The highest BCUT2D eigenvalue weighted by molar-refractivity contribution is 7.08. The standard InChI is InChI=1S/C20H24N4OS/c1-17-22-24(16-10-9-15-23-13-7-2-3-8-14-23)20(26-17)21-19(25)18-11-5-4-6-12-18/h4-6,11-12H,2-3,7-8,13-16H2,1H3. The molecule has 0 aliphatic carbocycles. The molecule has 1 aromatic heterocycles. The van der Waals surface area contributed by atoms with Gasteiger partial charge in [-0.2, -0.15) is 10.1 Å². The molecule has 136 valence electrons. The molecular weight excluding hydrogens is 344 g/mol. The van der Waals surface area contributed by atoms with Gasteiger partial charge in [0.05, 0.1) is 6.54 Å². The van der Waals surface area contributed by atoms with Gasteiger partial charge in [0, 0.05) is 5.56 Å². The third kappa shape index (κ3) is 5.38. The minimum Gasteiger partial charge on any atom is -0.292 e. The lowest BCUT2D eigenvalue weighted by atomic mass is 10.2. The Kier molecular flexibility index (Phi) is 6.75. The molecule has 0 atom stereocenters. The van der Waals surface area contributed by atoms with Gasteiger partial charge in [0.15, 0.2) is 0 Å². The summed E-state index contributed by atoms with van der Waals surface area (Å²) in [5, 5.41) is 5.30. The summed E-state index contributed by atoms with van der Waals surface area (Å²) < 4.78 is 1.72. The smallest absolute Gasteiger partial charge is 0.279 e. The Morgan fingerprint density at radius 1 is 1.12 bits per heavy atom. The molecule has 2 aromatic rings. The molecule has 1 fully saturated rings. The van der Waals surface area contributed by atoms with Crippen LogP contribution in [0, 0.1) is 18.8 Å².